The van der Waals surface area contributed by atoms with Gasteiger partial charge in [0.1, 0.15) is 0 Å². The first-order valence-corrected chi connectivity index (χ1v) is 10.3. The minimum absolute atomic E-state index is 0.0203. The third-order valence-corrected chi connectivity index (χ3v) is 6.50. The van der Waals surface area contributed by atoms with Crippen LogP contribution in [0.4, 0.5) is 11.9 Å². The maximum atomic E-state index is 12.8. The zero-order chi connectivity index (χ0) is 19.8. The van der Waals surface area contributed by atoms with Crippen LogP contribution < -0.4 is 20.1 Å². The highest BCUT2D eigenvalue weighted by Crippen LogP contribution is 2.45. The van der Waals surface area contributed by atoms with Gasteiger partial charge in [0.15, 0.2) is 0 Å². The maximum absolute atomic E-state index is 12.8. The summed E-state index contributed by atoms with van der Waals surface area (Å²) in [4.78, 5) is 33.9. The second-order valence-corrected chi connectivity index (χ2v) is 7.98. The molecular formula is C20H26N6O3. The number of hydrogen-bond acceptors (Lipinski definition) is 8. The van der Waals surface area contributed by atoms with Gasteiger partial charge in [-0.1, -0.05) is 0 Å². The van der Waals surface area contributed by atoms with E-state index in [0.717, 1.165) is 63.1 Å². The van der Waals surface area contributed by atoms with E-state index in [1.807, 2.05) is 0 Å². The Morgan fingerprint density at radius 2 is 1.90 bits per heavy atom. The van der Waals surface area contributed by atoms with E-state index >= 15 is 0 Å². The lowest BCUT2D eigenvalue weighted by atomic mass is 9.76. The van der Waals surface area contributed by atoms with E-state index in [9.17, 15) is 4.79 Å². The summed E-state index contributed by atoms with van der Waals surface area (Å²) in [6, 6.07) is 1.76. The normalized spacial score (nSPS) is 20.7. The van der Waals surface area contributed by atoms with E-state index in [1.165, 1.54) is 0 Å². The van der Waals surface area contributed by atoms with Crippen LogP contribution in [0.25, 0.3) is 0 Å². The molecule has 0 atom stereocenters. The molecule has 0 amide bonds. The van der Waals surface area contributed by atoms with Gasteiger partial charge in [-0.2, -0.15) is 4.98 Å². The van der Waals surface area contributed by atoms with Crippen molar-refractivity contribution in [2.45, 2.75) is 31.1 Å². The highest BCUT2D eigenvalue weighted by Gasteiger charge is 2.44. The third kappa shape index (κ3) is 3.23. The Balaban J connectivity index is 1.40. The third-order valence-electron chi connectivity index (χ3n) is 6.50. The van der Waals surface area contributed by atoms with Crippen molar-refractivity contribution >= 4 is 11.9 Å². The summed E-state index contributed by atoms with van der Waals surface area (Å²) in [6.07, 6.45) is 5.40. The van der Waals surface area contributed by atoms with E-state index in [4.69, 9.17) is 14.5 Å². The molecule has 2 aromatic heterocycles. The molecule has 1 N–H and O–H groups in total. The summed E-state index contributed by atoms with van der Waals surface area (Å²) in [5.41, 5.74) is 1.87. The van der Waals surface area contributed by atoms with Gasteiger partial charge in [0.05, 0.1) is 26.0 Å². The molecule has 2 saturated heterocycles. The first kappa shape index (κ1) is 18.4. The molecule has 9 heteroatoms. The first-order chi connectivity index (χ1) is 14.2. The van der Waals surface area contributed by atoms with E-state index in [2.05, 4.69) is 24.8 Å². The minimum Gasteiger partial charge on any atom is -0.481 e. The summed E-state index contributed by atoms with van der Waals surface area (Å²) < 4.78 is 10.7. The largest absolute Gasteiger partial charge is 0.481 e. The Morgan fingerprint density at radius 1 is 1.10 bits per heavy atom. The quantitative estimate of drug-likeness (QED) is 0.814. The number of methoxy groups -OCH3 is 1. The van der Waals surface area contributed by atoms with Crippen molar-refractivity contribution in [1.29, 1.82) is 0 Å². The number of anilines is 2. The molecule has 1 spiro atoms. The molecule has 1 aliphatic carbocycles. The van der Waals surface area contributed by atoms with Gasteiger partial charge in [-0.25, -0.2) is 9.97 Å². The van der Waals surface area contributed by atoms with Gasteiger partial charge in [0, 0.05) is 49.4 Å². The fourth-order valence-electron chi connectivity index (χ4n) is 4.78. The Hall–Kier alpha value is -2.68. The van der Waals surface area contributed by atoms with Crippen molar-refractivity contribution in [3.8, 4) is 5.88 Å². The number of hydrogen-bond donors (Lipinski definition) is 1. The zero-order valence-electron chi connectivity index (χ0n) is 16.7. The molecule has 5 rings (SSSR count). The fourth-order valence-corrected chi connectivity index (χ4v) is 4.78. The van der Waals surface area contributed by atoms with E-state index in [0.29, 0.717) is 31.0 Å². The molecule has 154 valence electrons. The molecule has 0 bridgehead atoms. The Bertz CT molecular complexity index is 947. The van der Waals surface area contributed by atoms with Crippen LogP contribution in [-0.2, 0) is 16.6 Å². The summed E-state index contributed by atoms with van der Waals surface area (Å²) in [6.45, 7) is 4.54. The van der Waals surface area contributed by atoms with Gasteiger partial charge in [0.2, 0.25) is 17.8 Å². The molecule has 2 aromatic rings. The minimum atomic E-state index is -0.0278. The van der Waals surface area contributed by atoms with Gasteiger partial charge in [0.25, 0.3) is 5.56 Å². The number of aromatic nitrogens is 4. The lowest BCUT2D eigenvalue weighted by Gasteiger charge is -2.39. The summed E-state index contributed by atoms with van der Waals surface area (Å²) in [5, 5.41) is 0. The van der Waals surface area contributed by atoms with E-state index in [-0.39, 0.29) is 11.0 Å². The fraction of sp³-hybridized carbons (Fsp3) is 0.600. The first-order valence-electron chi connectivity index (χ1n) is 10.3. The van der Waals surface area contributed by atoms with Gasteiger partial charge in [-0.3, -0.25) is 9.78 Å². The van der Waals surface area contributed by atoms with Crippen LogP contribution in [0.15, 0.2) is 17.1 Å². The van der Waals surface area contributed by atoms with Crippen LogP contribution >= 0.6 is 0 Å². The molecule has 29 heavy (non-hydrogen) atoms. The molecule has 2 fully saturated rings. The van der Waals surface area contributed by atoms with Crippen LogP contribution in [0, 0.1) is 0 Å². The highest BCUT2D eigenvalue weighted by molar-refractivity contribution is 5.42. The molecule has 3 aliphatic rings. The molecular weight excluding hydrogens is 372 g/mol. The second kappa shape index (κ2) is 7.29. The van der Waals surface area contributed by atoms with Crippen LogP contribution in [0.2, 0.25) is 0 Å². The summed E-state index contributed by atoms with van der Waals surface area (Å²) in [7, 11) is 1.61. The molecule has 2 aliphatic heterocycles. The number of nitrogens with one attached hydrogen (secondary N) is 1. The predicted octanol–water partition coefficient (Wildman–Crippen LogP) is 0.889. The van der Waals surface area contributed by atoms with Crippen molar-refractivity contribution in [2.24, 2.45) is 0 Å². The number of morpholine rings is 1. The Morgan fingerprint density at radius 3 is 2.66 bits per heavy atom. The van der Waals surface area contributed by atoms with Crippen molar-refractivity contribution in [1.82, 2.24) is 19.9 Å². The summed E-state index contributed by atoms with van der Waals surface area (Å²) >= 11 is 0. The van der Waals surface area contributed by atoms with Crippen LogP contribution in [0.5, 0.6) is 5.88 Å². The number of ether oxygens (including phenoxy) is 2. The average Bonchev–Trinajstić information content (AvgIpc) is 3.13. The molecule has 4 heterocycles. The lowest BCUT2D eigenvalue weighted by Crippen LogP contribution is -2.43. The molecule has 9 nitrogen and oxygen atoms in total. The monoisotopic (exact) mass is 398 g/mol. The molecule has 0 aromatic carbocycles. The van der Waals surface area contributed by atoms with Crippen molar-refractivity contribution < 1.29 is 9.47 Å². The van der Waals surface area contributed by atoms with Gasteiger partial charge < -0.3 is 19.3 Å². The summed E-state index contributed by atoms with van der Waals surface area (Å²) in [5.74, 6) is 1.96. The number of nitrogens with zero attached hydrogens (tertiary/aromatic N) is 5. The van der Waals surface area contributed by atoms with Gasteiger partial charge in [-0.05, 0) is 25.7 Å². The maximum Gasteiger partial charge on any atom is 0.255 e. The highest BCUT2D eigenvalue weighted by atomic mass is 16.5. The van der Waals surface area contributed by atoms with Crippen molar-refractivity contribution in [3.05, 3.63) is 33.9 Å². The SMILES string of the molecule is COc1ccnc(N2CCC3(CCc4c3nc(N3CCOCC3)[nH]c4=O)CC2)n1. The molecule has 0 saturated carbocycles. The number of rotatable bonds is 3. The van der Waals surface area contributed by atoms with Crippen LogP contribution in [0.3, 0.4) is 0 Å². The standard InChI is InChI=1S/C20H26N6O3/c1-28-15-3-7-21-18(22-15)25-8-5-20(6-9-25)4-2-14-16(20)23-19(24-17(14)27)26-10-12-29-13-11-26/h3,7H,2,4-6,8-13H2,1H3,(H,23,24,27). The number of fused-ring (bicyclic) bond motifs is 2. The van der Waals surface area contributed by atoms with E-state index in [1.54, 1.807) is 19.4 Å². The zero-order valence-corrected chi connectivity index (χ0v) is 16.7. The van der Waals surface area contributed by atoms with Gasteiger partial charge >= 0.3 is 0 Å². The molecule has 0 unspecified atom stereocenters. The Kier molecular flexibility index (Phi) is 4.61. The number of H-pyrrole nitrogens is 1. The van der Waals surface area contributed by atoms with E-state index < -0.39 is 0 Å². The van der Waals surface area contributed by atoms with Crippen LogP contribution in [-0.4, -0.2) is 66.4 Å². The topological polar surface area (TPSA) is 96.5 Å². The number of piperidine rings is 1. The lowest BCUT2D eigenvalue weighted by molar-refractivity contribution is 0.122. The van der Waals surface area contributed by atoms with Crippen molar-refractivity contribution in [3.63, 3.8) is 0 Å². The smallest absolute Gasteiger partial charge is 0.255 e. The number of aromatic amines is 1. The Labute approximate surface area is 169 Å². The average molecular weight is 398 g/mol. The second-order valence-electron chi connectivity index (χ2n) is 7.98. The molecule has 0 radical (unpaired) electrons. The van der Waals surface area contributed by atoms with Crippen LogP contribution in [0.1, 0.15) is 30.5 Å². The van der Waals surface area contributed by atoms with Crippen molar-refractivity contribution in [2.75, 3.05) is 56.3 Å². The predicted molar refractivity (Wildman–Crippen MR) is 108 cm³/mol. The van der Waals surface area contributed by atoms with Gasteiger partial charge in [-0.15, -0.1) is 0 Å².